The highest BCUT2D eigenvalue weighted by molar-refractivity contribution is 7.89. The number of hydrogen-bond acceptors (Lipinski definition) is 6. The van der Waals surface area contributed by atoms with Crippen LogP contribution in [0.25, 0.3) is 11.4 Å². The van der Waals surface area contributed by atoms with E-state index in [2.05, 4.69) is 20.6 Å². The van der Waals surface area contributed by atoms with Crippen LogP contribution in [-0.2, 0) is 16.2 Å². The highest BCUT2D eigenvalue weighted by Crippen LogP contribution is 2.54. The summed E-state index contributed by atoms with van der Waals surface area (Å²) in [5.74, 6) is -0.244. The van der Waals surface area contributed by atoms with Gasteiger partial charge in [-0.15, -0.1) is 10.2 Å². The fraction of sp³-hybridized carbons (Fsp3) is 0.500. The zero-order valence-electron chi connectivity index (χ0n) is 13.4. The molecule has 1 aromatic heterocycles. The van der Waals surface area contributed by atoms with Crippen molar-refractivity contribution in [3.63, 3.8) is 0 Å². The Balaban J connectivity index is 1.98. The number of alkyl halides is 3. The SMILES string of the molecule is NS(=O)(=O)c1c(C(F)(F)F)ccc(N2CCC3(CC3)C2)c1-c1nn[nH]n1. The summed E-state index contributed by atoms with van der Waals surface area (Å²) in [6, 6.07) is 2.00. The molecule has 0 radical (unpaired) electrons. The number of hydrogen-bond donors (Lipinski definition) is 2. The number of primary sulfonamides is 1. The van der Waals surface area contributed by atoms with Gasteiger partial charge in [0.15, 0.2) is 0 Å². The minimum atomic E-state index is -4.90. The van der Waals surface area contributed by atoms with Crippen molar-refractivity contribution in [2.75, 3.05) is 18.0 Å². The van der Waals surface area contributed by atoms with E-state index in [0.29, 0.717) is 18.8 Å². The number of benzene rings is 1. The minimum absolute atomic E-state index is 0.180. The third-order valence-electron chi connectivity index (χ3n) is 5.03. The molecular weight excluding hydrogens is 373 g/mol. The molecule has 8 nitrogen and oxygen atoms in total. The monoisotopic (exact) mass is 388 g/mol. The number of H-pyrrole nitrogens is 1. The van der Waals surface area contributed by atoms with Gasteiger partial charge in [-0.1, -0.05) is 0 Å². The molecule has 1 aliphatic carbocycles. The number of halogens is 3. The molecule has 2 heterocycles. The second kappa shape index (κ2) is 5.39. The molecule has 3 N–H and O–H groups in total. The van der Waals surface area contributed by atoms with Gasteiger partial charge in [0.1, 0.15) is 4.90 Å². The van der Waals surface area contributed by atoms with Gasteiger partial charge in [-0.25, -0.2) is 13.6 Å². The molecule has 0 bridgehead atoms. The van der Waals surface area contributed by atoms with Crippen molar-refractivity contribution in [1.82, 2.24) is 20.6 Å². The first-order chi connectivity index (χ1) is 12.1. The van der Waals surface area contributed by atoms with Crippen molar-refractivity contribution in [2.24, 2.45) is 10.6 Å². The maximum absolute atomic E-state index is 13.4. The maximum atomic E-state index is 13.4. The molecule has 2 aliphatic rings. The minimum Gasteiger partial charge on any atom is -0.370 e. The lowest BCUT2D eigenvalue weighted by atomic mass is 10.1. The van der Waals surface area contributed by atoms with E-state index in [1.165, 1.54) is 6.07 Å². The summed E-state index contributed by atoms with van der Waals surface area (Å²) in [5.41, 5.74) is -1.12. The van der Waals surface area contributed by atoms with E-state index in [1.54, 1.807) is 0 Å². The highest BCUT2D eigenvalue weighted by atomic mass is 32.2. The first kappa shape index (κ1) is 17.2. The number of nitrogens with zero attached hydrogens (tertiary/aromatic N) is 4. The third-order valence-corrected chi connectivity index (χ3v) is 6.02. The zero-order valence-corrected chi connectivity index (χ0v) is 14.2. The summed E-state index contributed by atoms with van der Waals surface area (Å²) < 4.78 is 64.5. The smallest absolute Gasteiger partial charge is 0.370 e. The molecule has 2 fully saturated rings. The number of aromatic amines is 1. The van der Waals surface area contributed by atoms with Crippen LogP contribution >= 0.6 is 0 Å². The van der Waals surface area contributed by atoms with E-state index < -0.39 is 26.7 Å². The topological polar surface area (TPSA) is 118 Å². The van der Waals surface area contributed by atoms with Gasteiger partial charge in [0.25, 0.3) is 0 Å². The molecule has 140 valence electrons. The molecule has 1 aliphatic heterocycles. The third kappa shape index (κ3) is 2.82. The number of sulfonamides is 1. The Kier molecular flexibility index (Phi) is 3.57. The van der Waals surface area contributed by atoms with Crippen molar-refractivity contribution in [2.45, 2.75) is 30.3 Å². The Morgan fingerprint density at radius 2 is 1.96 bits per heavy atom. The Morgan fingerprint density at radius 1 is 1.23 bits per heavy atom. The summed E-state index contributed by atoms with van der Waals surface area (Å²) >= 11 is 0. The van der Waals surface area contributed by atoms with Crippen LogP contribution in [0.15, 0.2) is 17.0 Å². The molecular formula is C14H15F3N6O2S. The van der Waals surface area contributed by atoms with E-state index in [-0.39, 0.29) is 16.8 Å². The fourth-order valence-corrected chi connectivity index (χ4v) is 4.53. The summed E-state index contributed by atoms with van der Waals surface area (Å²) in [5, 5.41) is 18.1. The predicted molar refractivity (Wildman–Crippen MR) is 84.5 cm³/mol. The molecule has 26 heavy (non-hydrogen) atoms. The van der Waals surface area contributed by atoms with E-state index in [9.17, 15) is 21.6 Å². The van der Waals surface area contributed by atoms with Gasteiger partial charge >= 0.3 is 6.18 Å². The van der Waals surface area contributed by atoms with Crippen molar-refractivity contribution in [3.8, 4) is 11.4 Å². The number of tetrazole rings is 1. The fourth-order valence-electron chi connectivity index (χ4n) is 3.56. The largest absolute Gasteiger partial charge is 0.417 e. The first-order valence-corrected chi connectivity index (χ1v) is 9.41. The Hall–Kier alpha value is -2.21. The predicted octanol–water partition coefficient (Wildman–Crippen LogP) is 1.52. The van der Waals surface area contributed by atoms with Gasteiger partial charge < -0.3 is 4.90 Å². The van der Waals surface area contributed by atoms with E-state index in [1.807, 2.05) is 4.90 Å². The number of aromatic nitrogens is 4. The summed E-state index contributed by atoms with van der Waals surface area (Å²) in [6.07, 6.45) is -1.88. The number of rotatable bonds is 3. The number of nitrogens with two attached hydrogens (primary N) is 1. The average molecular weight is 388 g/mol. The van der Waals surface area contributed by atoms with Crippen molar-refractivity contribution in [3.05, 3.63) is 17.7 Å². The van der Waals surface area contributed by atoms with Crippen LogP contribution in [0.4, 0.5) is 18.9 Å². The molecule has 1 aromatic carbocycles. The van der Waals surface area contributed by atoms with Crippen LogP contribution in [0, 0.1) is 5.41 Å². The average Bonchev–Trinajstić information content (AvgIpc) is 2.96. The lowest BCUT2D eigenvalue weighted by molar-refractivity contribution is -0.139. The summed E-state index contributed by atoms with van der Waals surface area (Å²) in [7, 11) is -4.71. The van der Waals surface area contributed by atoms with Gasteiger partial charge in [0.05, 0.1) is 11.1 Å². The molecule has 1 spiro atoms. The molecule has 0 amide bonds. The molecule has 0 unspecified atom stereocenters. The van der Waals surface area contributed by atoms with Crippen molar-refractivity contribution < 1.29 is 21.6 Å². The van der Waals surface area contributed by atoms with Crippen LogP contribution in [0.3, 0.4) is 0 Å². The standard InChI is InChI=1S/C14H15F3N6O2S/c15-14(16,17)8-1-2-9(23-6-5-13(7-23)3-4-13)10(11(8)26(18,24)25)12-19-21-22-20-12/h1-2H,3-7H2,(H2,18,24,25)(H,19,20,21,22). The Labute approximate surface area is 146 Å². The molecule has 1 saturated heterocycles. The van der Waals surface area contributed by atoms with Gasteiger partial charge in [-0.05, 0) is 42.0 Å². The normalized spacial score (nSPS) is 19.3. The quantitative estimate of drug-likeness (QED) is 0.823. The molecule has 2 aromatic rings. The van der Waals surface area contributed by atoms with Crippen LogP contribution in [0.5, 0.6) is 0 Å². The van der Waals surface area contributed by atoms with Gasteiger partial charge in [0, 0.05) is 18.8 Å². The van der Waals surface area contributed by atoms with E-state index >= 15 is 0 Å². The van der Waals surface area contributed by atoms with Crippen LogP contribution < -0.4 is 10.0 Å². The number of anilines is 1. The van der Waals surface area contributed by atoms with E-state index in [0.717, 1.165) is 25.3 Å². The zero-order chi connectivity index (χ0) is 18.7. The molecule has 1 saturated carbocycles. The van der Waals surface area contributed by atoms with Crippen LogP contribution in [-0.4, -0.2) is 42.1 Å². The molecule has 0 atom stereocenters. The molecule has 12 heteroatoms. The van der Waals surface area contributed by atoms with Gasteiger partial charge in [-0.2, -0.15) is 18.4 Å². The Bertz CT molecular complexity index is 954. The van der Waals surface area contributed by atoms with Crippen molar-refractivity contribution >= 4 is 15.7 Å². The highest BCUT2D eigenvalue weighted by Gasteiger charge is 2.49. The van der Waals surface area contributed by atoms with Gasteiger partial charge in [0.2, 0.25) is 15.8 Å². The van der Waals surface area contributed by atoms with Crippen LogP contribution in [0.2, 0.25) is 0 Å². The lowest BCUT2D eigenvalue weighted by Gasteiger charge is -2.24. The van der Waals surface area contributed by atoms with Crippen LogP contribution in [0.1, 0.15) is 24.8 Å². The Morgan fingerprint density at radius 3 is 2.46 bits per heavy atom. The first-order valence-electron chi connectivity index (χ1n) is 7.87. The van der Waals surface area contributed by atoms with E-state index in [4.69, 9.17) is 5.14 Å². The summed E-state index contributed by atoms with van der Waals surface area (Å²) in [6.45, 7) is 1.26. The second-order valence-electron chi connectivity index (χ2n) is 6.79. The molecule has 4 rings (SSSR count). The van der Waals surface area contributed by atoms with Gasteiger partial charge in [-0.3, -0.25) is 0 Å². The van der Waals surface area contributed by atoms with Crippen molar-refractivity contribution in [1.29, 1.82) is 0 Å². The lowest BCUT2D eigenvalue weighted by Crippen LogP contribution is -2.25. The maximum Gasteiger partial charge on any atom is 0.417 e. The second-order valence-corrected chi connectivity index (χ2v) is 8.28. The summed E-state index contributed by atoms with van der Waals surface area (Å²) in [4.78, 5) is 0.841. The number of nitrogens with one attached hydrogen (secondary N) is 1.